The van der Waals surface area contributed by atoms with Gasteiger partial charge in [-0.2, -0.15) is 5.10 Å². The van der Waals surface area contributed by atoms with Gasteiger partial charge in [0.15, 0.2) is 5.78 Å². The van der Waals surface area contributed by atoms with Crippen molar-refractivity contribution in [1.82, 2.24) is 15.1 Å². The molecule has 2 atom stereocenters. The number of ketones is 1. The first-order valence-corrected chi connectivity index (χ1v) is 11.7. The molecule has 1 N–H and O–H groups in total. The number of aryl methyl sites for hydroxylation is 2. The van der Waals surface area contributed by atoms with Gasteiger partial charge in [-0.1, -0.05) is 37.0 Å². The number of Topliss-reactive ketones (excluding diaryl/α,β-unsaturated/α-hetero) is 1. The third-order valence-corrected chi connectivity index (χ3v) is 6.95. The fourth-order valence-corrected chi connectivity index (χ4v) is 5.57. The number of carbonyl (C=O) groups is 2. The molecule has 0 spiro atoms. The Balaban J connectivity index is 1.75. The molecule has 0 saturated heterocycles. The second-order valence-electron chi connectivity index (χ2n) is 10.4. The molecule has 1 heterocycles. The Morgan fingerprint density at radius 1 is 1.13 bits per heavy atom. The number of hydrogen-bond acceptors (Lipinski definition) is 3. The van der Waals surface area contributed by atoms with Gasteiger partial charge in [0, 0.05) is 17.0 Å². The van der Waals surface area contributed by atoms with E-state index >= 15 is 0 Å². The monoisotopic (exact) mass is 421 g/mol. The van der Waals surface area contributed by atoms with Crippen LogP contribution in [0.15, 0.2) is 24.3 Å². The SMILES string of the molecule is Cc1cccc(C(=O)N[C@@H]2C(=O)Cc3c(c(C)nn3C(C)(C)C)[C@@H]2C2CCCCC2)c1. The summed E-state index contributed by atoms with van der Waals surface area (Å²) in [6.45, 7) is 10.4. The van der Waals surface area contributed by atoms with Crippen LogP contribution < -0.4 is 5.32 Å². The molecule has 166 valence electrons. The standard InChI is InChI=1S/C26H35N3O2/c1-16-10-9-13-19(14-16)25(31)27-24-21(30)15-20-22(17(2)28-29(20)26(3,4)5)23(24)18-11-7-6-8-12-18/h9-10,13-14,18,23-24H,6-8,11-12,15H2,1-5H3,(H,27,31)/t23-,24+/m0/s1. The lowest BCUT2D eigenvalue weighted by molar-refractivity contribution is -0.122. The summed E-state index contributed by atoms with van der Waals surface area (Å²) in [6, 6.07) is 7.08. The molecule has 31 heavy (non-hydrogen) atoms. The number of nitrogens with zero attached hydrogens (tertiary/aromatic N) is 2. The molecular formula is C26H35N3O2. The van der Waals surface area contributed by atoms with Crippen molar-refractivity contribution in [1.29, 1.82) is 0 Å². The van der Waals surface area contributed by atoms with Gasteiger partial charge < -0.3 is 5.32 Å². The summed E-state index contributed by atoms with van der Waals surface area (Å²) in [6.07, 6.45) is 6.17. The third-order valence-electron chi connectivity index (χ3n) is 6.95. The molecule has 1 saturated carbocycles. The Labute approximate surface area is 185 Å². The highest BCUT2D eigenvalue weighted by Crippen LogP contribution is 2.44. The number of carbonyl (C=O) groups excluding carboxylic acids is 2. The molecule has 2 aliphatic carbocycles. The van der Waals surface area contributed by atoms with Crippen LogP contribution in [0, 0.1) is 19.8 Å². The van der Waals surface area contributed by atoms with Gasteiger partial charge in [0.1, 0.15) is 0 Å². The van der Waals surface area contributed by atoms with E-state index in [2.05, 4.69) is 33.0 Å². The maximum atomic E-state index is 13.5. The molecule has 2 aliphatic rings. The molecule has 1 aromatic heterocycles. The van der Waals surface area contributed by atoms with Gasteiger partial charge in [-0.3, -0.25) is 14.3 Å². The largest absolute Gasteiger partial charge is 0.342 e. The van der Waals surface area contributed by atoms with E-state index in [-0.39, 0.29) is 23.1 Å². The summed E-state index contributed by atoms with van der Waals surface area (Å²) in [7, 11) is 0. The smallest absolute Gasteiger partial charge is 0.251 e. The van der Waals surface area contributed by atoms with Crippen molar-refractivity contribution in [3.63, 3.8) is 0 Å². The zero-order valence-corrected chi connectivity index (χ0v) is 19.5. The first-order valence-electron chi connectivity index (χ1n) is 11.7. The zero-order valence-electron chi connectivity index (χ0n) is 19.5. The van der Waals surface area contributed by atoms with Crippen LogP contribution in [0.5, 0.6) is 0 Å². The molecule has 1 fully saturated rings. The van der Waals surface area contributed by atoms with E-state index in [9.17, 15) is 9.59 Å². The Bertz CT molecular complexity index is 993. The van der Waals surface area contributed by atoms with Crippen LogP contribution in [0.4, 0.5) is 0 Å². The number of rotatable bonds is 3. The molecule has 5 nitrogen and oxygen atoms in total. The van der Waals surface area contributed by atoms with Crippen molar-refractivity contribution in [3.05, 3.63) is 52.3 Å². The highest BCUT2D eigenvalue weighted by molar-refractivity contribution is 5.99. The minimum absolute atomic E-state index is 0.00130. The van der Waals surface area contributed by atoms with E-state index in [0.29, 0.717) is 17.9 Å². The first-order chi connectivity index (χ1) is 14.7. The number of benzene rings is 1. The highest BCUT2D eigenvalue weighted by Gasteiger charge is 2.45. The van der Waals surface area contributed by atoms with E-state index in [0.717, 1.165) is 29.8 Å². The molecule has 0 aliphatic heterocycles. The van der Waals surface area contributed by atoms with E-state index in [1.807, 2.05) is 35.9 Å². The van der Waals surface area contributed by atoms with Gasteiger partial charge in [-0.25, -0.2) is 0 Å². The summed E-state index contributed by atoms with van der Waals surface area (Å²) < 4.78 is 2.05. The molecule has 5 heteroatoms. The Kier molecular flexibility index (Phi) is 5.80. The summed E-state index contributed by atoms with van der Waals surface area (Å²) in [5.41, 5.74) is 4.72. The van der Waals surface area contributed by atoms with Crippen LogP contribution in [0.3, 0.4) is 0 Å². The third kappa shape index (κ3) is 4.19. The average molecular weight is 422 g/mol. The van der Waals surface area contributed by atoms with E-state index in [4.69, 9.17) is 5.10 Å². The molecular weight excluding hydrogens is 386 g/mol. The minimum atomic E-state index is -0.486. The lowest BCUT2D eigenvalue weighted by Gasteiger charge is -2.39. The van der Waals surface area contributed by atoms with Crippen molar-refractivity contribution >= 4 is 11.7 Å². The number of nitrogens with one attached hydrogen (secondary N) is 1. The van der Waals surface area contributed by atoms with Crippen molar-refractivity contribution < 1.29 is 9.59 Å². The molecule has 0 unspecified atom stereocenters. The molecule has 4 rings (SSSR count). The number of amides is 1. The number of fused-ring (bicyclic) bond motifs is 1. The minimum Gasteiger partial charge on any atom is -0.342 e. The van der Waals surface area contributed by atoms with Crippen LogP contribution in [0.2, 0.25) is 0 Å². The van der Waals surface area contributed by atoms with E-state index in [1.54, 1.807) is 0 Å². The predicted octanol–water partition coefficient (Wildman–Crippen LogP) is 4.84. The molecule has 2 aromatic rings. The van der Waals surface area contributed by atoms with Gasteiger partial charge in [-0.15, -0.1) is 0 Å². The molecule has 1 aromatic carbocycles. The van der Waals surface area contributed by atoms with Crippen molar-refractivity contribution in [3.8, 4) is 0 Å². The Hall–Kier alpha value is -2.43. The zero-order chi connectivity index (χ0) is 22.3. The van der Waals surface area contributed by atoms with Gasteiger partial charge in [0.25, 0.3) is 5.91 Å². The van der Waals surface area contributed by atoms with E-state index < -0.39 is 6.04 Å². The summed E-state index contributed by atoms with van der Waals surface area (Å²) in [5.74, 6) is 0.346. The molecule has 1 amide bonds. The highest BCUT2D eigenvalue weighted by atomic mass is 16.2. The summed E-state index contributed by atoms with van der Waals surface area (Å²) in [4.78, 5) is 26.6. The fraction of sp³-hybridized carbons (Fsp3) is 0.577. The first kappa shape index (κ1) is 21.8. The van der Waals surface area contributed by atoms with Crippen molar-refractivity contribution in [2.75, 3.05) is 0 Å². The van der Waals surface area contributed by atoms with Crippen molar-refractivity contribution in [2.45, 2.75) is 90.6 Å². The van der Waals surface area contributed by atoms with Gasteiger partial charge >= 0.3 is 0 Å². The van der Waals surface area contributed by atoms with E-state index in [1.165, 1.54) is 24.8 Å². The normalized spacial score (nSPS) is 22.3. The Morgan fingerprint density at radius 3 is 2.48 bits per heavy atom. The quantitative estimate of drug-likeness (QED) is 0.771. The van der Waals surface area contributed by atoms with Crippen LogP contribution in [-0.4, -0.2) is 27.5 Å². The topological polar surface area (TPSA) is 64.0 Å². The van der Waals surface area contributed by atoms with Gasteiger partial charge in [0.05, 0.1) is 29.4 Å². The average Bonchev–Trinajstić information content (AvgIpc) is 3.05. The van der Waals surface area contributed by atoms with Gasteiger partial charge in [0.2, 0.25) is 0 Å². The lowest BCUT2D eigenvalue weighted by Crippen LogP contribution is -2.51. The molecule has 0 bridgehead atoms. The second-order valence-corrected chi connectivity index (χ2v) is 10.4. The predicted molar refractivity (Wildman–Crippen MR) is 122 cm³/mol. The molecule has 0 radical (unpaired) electrons. The maximum Gasteiger partial charge on any atom is 0.251 e. The summed E-state index contributed by atoms with van der Waals surface area (Å²) >= 11 is 0. The summed E-state index contributed by atoms with van der Waals surface area (Å²) in [5, 5.41) is 8.03. The van der Waals surface area contributed by atoms with Crippen LogP contribution in [0.1, 0.15) is 91.7 Å². The van der Waals surface area contributed by atoms with Crippen LogP contribution in [-0.2, 0) is 16.8 Å². The van der Waals surface area contributed by atoms with Gasteiger partial charge in [-0.05, 0) is 65.5 Å². The Morgan fingerprint density at radius 2 is 1.84 bits per heavy atom. The maximum absolute atomic E-state index is 13.5. The van der Waals surface area contributed by atoms with Crippen LogP contribution in [0.25, 0.3) is 0 Å². The second kappa shape index (κ2) is 8.25. The van der Waals surface area contributed by atoms with Crippen LogP contribution >= 0.6 is 0 Å². The fourth-order valence-electron chi connectivity index (χ4n) is 5.57. The number of aromatic nitrogens is 2. The lowest BCUT2D eigenvalue weighted by atomic mass is 9.68. The number of hydrogen-bond donors (Lipinski definition) is 1. The van der Waals surface area contributed by atoms with Crippen molar-refractivity contribution in [2.24, 2.45) is 5.92 Å².